The Morgan fingerprint density at radius 2 is 1.64 bits per heavy atom. The van der Waals surface area contributed by atoms with Crippen molar-refractivity contribution >= 4 is 29.0 Å². The van der Waals surface area contributed by atoms with Crippen LogP contribution < -0.4 is 4.90 Å². The van der Waals surface area contributed by atoms with Crippen molar-refractivity contribution < 1.29 is 14.0 Å². The van der Waals surface area contributed by atoms with Crippen LogP contribution in [0.3, 0.4) is 0 Å². The molecule has 0 unspecified atom stereocenters. The van der Waals surface area contributed by atoms with Gasteiger partial charge < -0.3 is 9.80 Å². The summed E-state index contributed by atoms with van der Waals surface area (Å²) in [5.41, 5.74) is 1.73. The van der Waals surface area contributed by atoms with E-state index in [1.54, 1.807) is 17.0 Å². The molecule has 0 N–H and O–H groups in total. The lowest BCUT2D eigenvalue weighted by Gasteiger charge is -2.36. The summed E-state index contributed by atoms with van der Waals surface area (Å²) in [4.78, 5) is 27.6. The van der Waals surface area contributed by atoms with Gasteiger partial charge in [-0.3, -0.25) is 9.59 Å². The van der Waals surface area contributed by atoms with Gasteiger partial charge in [-0.1, -0.05) is 11.6 Å². The van der Waals surface area contributed by atoms with Crippen LogP contribution in [-0.4, -0.2) is 42.8 Å². The largest absolute Gasteiger partial charge is 0.368 e. The summed E-state index contributed by atoms with van der Waals surface area (Å²) in [5.74, 6) is -0.882. The summed E-state index contributed by atoms with van der Waals surface area (Å²) in [6.45, 7) is 3.86. The van der Waals surface area contributed by atoms with Crippen LogP contribution in [0.1, 0.15) is 27.6 Å². The normalized spacial score (nSPS) is 14.5. The standard InChI is InChI=1S/C19H18ClFN2O2/c1-13(24)14-2-5-16(6-3-14)22-8-10-23(11-9-22)19(25)17-7-4-15(20)12-18(17)21/h2-7,12H,8-11H2,1H3. The van der Waals surface area contributed by atoms with Crippen molar-refractivity contribution in [3.8, 4) is 0 Å². The fourth-order valence-electron chi connectivity index (χ4n) is 2.91. The summed E-state index contributed by atoms with van der Waals surface area (Å²) in [6.07, 6.45) is 0. The molecule has 0 aromatic heterocycles. The Bertz CT molecular complexity index is 800. The molecule has 0 bridgehead atoms. The molecule has 6 heteroatoms. The summed E-state index contributed by atoms with van der Waals surface area (Å²) in [6, 6.07) is 11.5. The number of rotatable bonds is 3. The van der Waals surface area contributed by atoms with Crippen LogP contribution in [0.15, 0.2) is 42.5 Å². The highest BCUT2D eigenvalue weighted by Gasteiger charge is 2.24. The van der Waals surface area contributed by atoms with Gasteiger partial charge in [0.05, 0.1) is 5.56 Å². The van der Waals surface area contributed by atoms with Crippen LogP contribution in [0.2, 0.25) is 5.02 Å². The topological polar surface area (TPSA) is 40.6 Å². The van der Waals surface area contributed by atoms with Crippen molar-refractivity contribution in [3.05, 3.63) is 64.4 Å². The number of hydrogen-bond donors (Lipinski definition) is 0. The number of amides is 1. The molecule has 2 aromatic rings. The smallest absolute Gasteiger partial charge is 0.256 e. The maximum Gasteiger partial charge on any atom is 0.256 e. The van der Waals surface area contributed by atoms with Crippen LogP contribution in [0.25, 0.3) is 0 Å². The molecule has 0 radical (unpaired) electrons. The van der Waals surface area contributed by atoms with Gasteiger partial charge in [-0.25, -0.2) is 4.39 Å². The lowest BCUT2D eigenvalue weighted by atomic mass is 10.1. The van der Waals surface area contributed by atoms with Gasteiger partial charge in [0.1, 0.15) is 5.82 Å². The minimum atomic E-state index is -0.597. The van der Waals surface area contributed by atoms with Gasteiger partial charge in [-0.2, -0.15) is 0 Å². The fraction of sp³-hybridized carbons (Fsp3) is 0.263. The average Bonchev–Trinajstić information content (AvgIpc) is 2.61. The summed E-state index contributed by atoms with van der Waals surface area (Å²) in [5, 5.41) is 0.271. The molecule has 0 spiro atoms. The number of hydrogen-bond acceptors (Lipinski definition) is 3. The number of Topliss-reactive ketones (excluding diaryl/α,β-unsaturated/α-hetero) is 1. The van der Waals surface area contributed by atoms with E-state index in [-0.39, 0.29) is 22.3 Å². The number of carbonyl (C=O) groups excluding carboxylic acids is 2. The third-order valence-electron chi connectivity index (χ3n) is 4.37. The van der Waals surface area contributed by atoms with Crippen LogP contribution in [0.4, 0.5) is 10.1 Å². The Balaban J connectivity index is 1.65. The molecule has 1 aliphatic heterocycles. The summed E-state index contributed by atoms with van der Waals surface area (Å²) >= 11 is 5.73. The van der Waals surface area contributed by atoms with Crippen molar-refractivity contribution in [2.24, 2.45) is 0 Å². The van der Waals surface area contributed by atoms with E-state index in [4.69, 9.17) is 11.6 Å². The van der Waals surface area contributed by atoms with Crippen LogP contribution in [-0.2, 0) is 0 Å². The van der Waals surface area contributed by atoms with Gasteiger partial charge in [-0.05, 0) is 49.4 Å². The third-order valence-corrected chi connectivity index (χ3v) is 4.60. The Morgan fingerprint density at radius 3 is 2.20 bits per heavy atom. The van der Waals surface area contributed by atoms with E-state index >= 15 is 0 Å². The molecular formula is C19H18ClFN2O2. The number of piperazine rings is 1. The zero-order valence-electron chi connectivity index (χ0n) is 13.8. The van der Waals surface area contributed by atoms with E-state index in [0.717, 1.165) is 11.8 Å². The van der Waals surface area contributed by atoms with Crippen molar-refractivity contribution in [3.63, 3.8) is 0 Å². The monoisotopic (exact) mass is 360 g/mol. The van der Waals surface area contributed by atoms with E-state index in [0.29, 0.717) is 31.7 Å². The zero-order valence-corrected chi connectivity index (χ0v) is 14.6. The number of anilines is 1. The molecule has 130 valence electrons. The van der Waals surface area contributed by atoms with Crippen molar-refractivity contribution in [1.29, 1.82) is 0 Å². The van der Waals surface area contributed by atoms with E-state index in [2.05, 4.69) is 4.90 Å². The molecule has 0 atom stereocenters. The predicted octanol–water partition coefficient (Wildman–Crippen LogP) is 3.64. The summed E-state index contributed by atoms with van der Waals surface area (Å²) < 4.78 is 13.9. The summed E-state index contributed by atoms with van der Waals surface area (Å²) in [7, 11) is 0. The van der Waals surface area contributed by atoms with Crippen molar-refractivity contribution in [2.45, 2.75) is 6.92 Å². The molecule has 1 aliphatic rings. The SMILES string of the molecule is CC(=O)c1ccc(N2CCN(C(=O)c3ccc(Cl)cc3F)CC2)cc1. The number of nitrogens with zero attached hydrogens (tertiary/aromatic N) is 2. The number of carbonyl (C=O) groups is 2. The molecule has 2 aromatic carbocycles. The van der Waals surface area contributed by atoms with Gasteiger partial charge in [0.25, 0.3) is 5.91 Å². The Kier molecular flexibility index (Phi) is 5.04. The lowest BCUT2D eigenvalue weighted by molar-refractivity contribution is 0.0742. The first-order chi connectivity index (χ1) is 12.0. The van der Waals surface area contributed by atoms with E-state index < -0.39 is 5.82 Å². The molecule has 25 heavy (non-hydrogen) atoms. The number of halogens is 2. The average molecular weight is 361 g/mol. The third kappa shape index (κ3) is 3.82. The second-order valence-corrected chi connectivity index (χ2v) is 6.44. The van der Waals surface area contributed by atoms with Crippen LogP contribution >= 0.6 is 11.6 Å². The first-order valence-electron chi connectivity index (χ1n) is 8.06. The maximum absolute atomic E-state index is 13.9. The predicted molar refractivity (Wildman–Crippen MR) is 96.0 cm³/mol. The minimum absolute atomic E-state index is 0.0342. The van der Waals surface area contributed by atoms with Gasteiger partial charge in [0.2, 0.25) is 0 Å². The molecule has 4 nitrogen and oxygen atoms in total. The van der Waals surface area contributed by atoms with Gasteiger partial charge in [0.15, 0.2) is 5.78 Å². The highest BCUT2D eigenvalue weighted by Crippen LogP contribution is 2.20. The fourth-order valence-corrected chi connectivity index (χ4v) is 3.07. The van der Waals surface area contributed by atoms with Crippen molar-refractivity contribution in [1.82, 2.24) is 4.90 Å². The highest BCUT2D eigenvalue weighted by molar-refractivity contribution is 6.30. The molecule has 0 saturated carbocycles. The highest BCUT2D eigenvalue weighted by atomic mass is 35.5. The van der Waals surface area contributed by atoms with E-state index in [1.807, 2.05) is 12.1 Å². The molecule has 3 rings (SSSR count). The molecule has 1 saturated heterocycles. The van der Waals surface area contributed by atoms with E-state index in [1.165, 1.54) is 19.1 Å². The first-order valence-corrected chi connectivity index (χ1v) is 8.44. The Labute approximate surface area is 150 Å². The number of benzene rings is 2. The molecule has 0 aliphatic carbocycles. The van der Waals surface area contributed by atoms with Gasteiger partial charge in [0, 0.05) is 42.5 Å². The maximum atomic E-state index is 13.9. The zero-order chi connectivity index (χ0) is 18.0. The lowest BCUT2D eigenvalue weighted by Crippen LogP contribution is -2.49. The molecule has 1 amide bonds. The Hall–Kier alpha value is -2.40. The van der Waals surface area contributed by atoms with Gasteiger partial charge in [-0.15, -0.1) is 0 Å². The van der Waals surface area contributed by atoms with Crippen LogP contribution in [0, 0.1) is 5.82 Å². The molecular weight excluding hydrogens is 343 g/mol. The first kappa shape index (κ1) is 17.4. The van der Waals surface area contributed by atoms with E-state index in [9.17, 15) is 14.0 Å². The quantitative estimate of drug-likeness (QED) is 0.784. The Morgan fingerprint density at radius 1 is 1.00 bits per heavy atom. The second-order valence-electron chi connectivity index (χ2n) is 6.01. The van der Waals surface area contributed by atoms with Crippen LogP contribution in [0.5, 0.6) is 0 Å². The van der Waals surface area contributed by atoms with Crippen molar-refractivity contribution in [2.75, 3.05) is 31.1 Å². The minimum Gasteiger partial charge on any atom is -0.368 e. The number of ketones is 1. The second kappa shape index (κ2) is 7.23. The molecule has 1 heterocycles. The van der Waals surface area contributed by atoms with Gasteiger partial charge >= 0.3 is 0 Å². The molecule has 1 fully saturated rings.